The molecule has 0 aliphatic rings. The van der Waals surface area contributed by atoms with E-state index in [-0.39, 0.29) is 0 Å². The molecule has 210 valence electrons. The van der Waals surface area contributed by atoms with Gasteiger partial charge in [0.2, 0.25) is 0 Å². The van der Waals surface area contributed by atoms with Gasteiger partial charge >= 0.3 is 0 Å². The van der Waals surface area contributed by atoms with Crippen LogP contribution in [-0.2, 0) is 12.8 Å². The highest BCUT2D eigenvalue weighted by atomic mass is 16.5. The lowest BCUT2D eigenvalue weighted by Gasteiger charge is -2.13. The number of hydrogen-bond acceptors (Lipinski definition) is 4. The Morgan fingerprint density at radius 2 is 1.21 bits per heavy atom. The van der Waals surface area contributed by atoms with Crippen LogP contribution in [0.4, 0.5) is 0 Å². The molecule has 3 aromatic rings. The van der Waals surface area contributed by atoms with E-state index < -0.39 is 0 Å². The summed E-state index contributed by atoms with van der Waals surface area (Å²) in [6.45, 7) is 4.54. The average molecular weight is 522 g/mol. The third-order valence-electron chi connectivity index (χ3n) is 7.65. The molecule has 0 spiro atoms. The molecule has 0 fully saturated rings. The average Bonchev–Trinajstić information content (AvgIpc) is 3.36. The molecular weight excluding hydrogens is 470 g/mol. The van der Waals surface area contributed by atoms with Gasteiger partial charge in [0.25, 0.3) is 0 Å². The fraction of sp³-hybridized carbons (Fsp3) is 0.636. The number of unbranched alkanes of at least 4 members (excludes halogenated alkanes) is 14. The zero-order valence-electron chi connectivity index (χ0n) is 24.3. The van der Waals surface area contributed by atoms with Crippen molar-refractivity contribution in [3.05, 3.63) is 41.5 Å². The number of benzene rings is 2. The molecule has 1 N–H and O–H groups in total. The Hall–Kier alpha value is -2.56. The van der Waals surface area contributed by atoms with Gasteiger partial charge in [-0.3, -0.25) is 0 Å². The van der Waals surface area contributed by atoms with Gasteiger partial charge in [-0.25, -0.2) is 0 Å². The van der Waals surface area contributed by atoms with E-state index in [0.717, 1.165) is 41.6 Å². The highest BCUT2D eigenvalue weighted by molar-refractivity contribution is 5.76. The third kappa shape index (κ3) is 9.63. The monoisotopic (exact) mass is 521 g/mol. The lowest BCUT2D eigenvalue weighted by molar-refractivity contribution is 0.415. The van der Waals surface area contributed by atoms with Crippen LogP contribution in [0.5, 0.6) is 11.5 Å². The Balaban J connectivity index is 1.67. The van der Waals surface area contributed by atoms with Gasteiger partial charge in [-0.05, 0) is 55.0 Å². The summed E-state index contributed by atoms with van der Waals surface area (Å²) in [4.78, 5) is 1.61. The van der Waals surface area contributed by atoms with Crippen molar-refractivity contribution < 1.29 is 9.84 Å². The van der Waals surface area contributed by atoms with Crippen LogP contribution in [0.3, 0.4) is 0 Å². The minimum atomic E-state index is 0.319. The van der Waals surface area contributed by atoms with E-state index in [1.54, 1.807) is 11.9 Å². The van der Waals surface area contributed by atoms with E-state index in [0.29, 0.717) is 11.4 Å². The number of rotatable bonds is 20. The van der Waals surface area contributed by atoms with Crippen LogP contribution in [0.2, 0.25) is 0 Å². The highest BCUT2D eigenvalue weighted by Crippen LogP contribution is 2.31. The summed E-state index contributed by atoms with van der Waals surface area (Å²) in [5, 5.41) is 20.7. The molecule has 0 unspecified atom stereocenters. The molecule has 0 amide bonds. The smallest absolute Gasteiger partial charge is 0.146 e. The lowest BCUT2D eigenvalue weighted by atomic mass is 9.98. The van der Waals surface area contributed by atoms with Gasteiger partial charge in [0.1, 0.15) is 28.2 Å². The number of nitrogens with zero attached hydrogens (tertiary/aromatic N) is 3. The summed E-state index contributed by atoms with van der Waals surface area (Å²) in [5.41, 5.74) is 4.55. The van der Waals surface area contributed by atoms with E-state index in [4.69, 9.17) is 9.84 Å². The second kappa shape index (κ2) is 17.1. The lowest BCUT2D eigenvalue weighted by Crippen LogP contribution is -2.03. The van der Waals surface area contributed by atoms with Crippen molar-refractivity contribution in [1.82, 2.24) is 15.0 Å². The summed E-state index contributed by atoms with van der Waals surface area (Å²) < 4.78 is 5.36. The van der Waals surface area contributed by atoms with Gasteiger partial charge in [-0.15, -0.1) is 15.0 Å². The molecule has 0 aliphatic carbocycles. The molecule has 0 bridgehead atoms. The quantitative estimate of drug-likeness (QED) is 0.150. The number of phenols is 1. The van der Waals surface area contributed by atoms with Gasteiger partial charge in [0.15, 0.2) is 0 Å². The number of ether oxygens (including phenoxy) is 1. The zero-order chi connectivity index (χ0) is 27.0. The summed E-state index contributed by atoms with van der Waals surface area (Å²) in [7, 11) is 1.66. The maximum absolute atomic E-state index is 11.3. The summed E-state index contributed by atoms with van der Waals surface area (Å²) in [5.74, 6) is 1.08. The van der Waals surface area contributed by atoms with Crippen LogP contribution < -0.4 is 4.74 Å². The first-order valence-corrected chi connectivity index (χ1v) is 15.4. The van der Waals surface area contributed by atoms with Gasteiger partial charge in [0, 0.05) is 6.07 Å². The number of aromatic hydroxyl groups is 1. The molecular formula is C33H51N3O2. The molecule has 0 saturated carbocycles. The Morgan fingerprint density at radius 3 is 1.82 bits per heavy atom. The van der Waals surface area contributed by atoms with E-state index in [9.17, 15) is 5.11 Å². The van der Waals surface area contributed by atoms with Crippen molar-refractivity contribution in [2.45, 2.75) is 129 Å². The standard InChI is InChI=1S/C33H51N3O2/c1-4-6-8-10-12-14-16-18-20-27-24-28(21-19-17-15-13-11-9-7-5-2)33(37)32(25-27)36-34-30-23-22-29(38-3)26-31(30)35-36/h22-26,37H,4-21H2,1-3H3. The molecule has 0 aliphatic heterocycles. The number of hydrogen-bond donors (Lipinski definition) is 1. The van der Waals surface area contributed by atoms with Crippen LogP contribution >= 0.6 is 0 Å². The zero-order valence-corrected chi connectivity index (χ0v) is 24.3. The summed E-state index contributed by atoms with van der Waals surface area (Å²) in [6.07, 6.45) is 22.7. The van der Waals surface area contributed by atoms with Gasteiger partial charge < -0.3 is 9.84 Å². The van der Waals surface area contributed by atoms with E-state index in [1.165, 1.54) is 102 Å². The minimum absolute atomic E-state index is 0.319. The molecule has 5 heteroatoms. The maximum atomic E-state index is 11.3. The van der Waals surface area contributed by atoms with E-state index in [1.807, 2.05) is 18.2 Å². The Bertz CT molecular complexity index is 1080. The topological polar surface area (TPSA) is 60.2 Å². The number of aryl methyl sites for hydroxylation is 2. The predicted molar refractivity (Wildman–Crippen MR) is 160 cm³/mol. The first kappa shape index (κ1) is 30.0. The van der Waals surface area contributed by atoms with Gasteiger partial charge in [-0.1, -0.05) is 110 Å². The molecule has 0 radical (unpaired) electrons. The summed E-state index contributed by atoms with van der Waals surface area (Å²) >= 11 is 0. The summed E-state index contributed by atoms with van der Waals surface area (Å²) in [6, 6.07) is 10.0. The van der Waals surface area contributed by atoms with Crippen LogP contribution in [-0.4, -0.2) is 27.2 Å². The molecule has 1 aromatic heterocycles. The molecule has 0 atom stereocenters. The first-order chi connectivity index (χ1) is 18.7. The number of methoxy groups -OCH3 is 1. The van der Waals surface area contributed by atoms with Crippen molar-refractivity contribution in [3.63, 3.8) is 0 Å². The molecule has 2 aromatic carbocycles. The second-order valence-corrected chi connectivity index (χ2v) is 10.9. The highest BCUT2D eigenvalue weighted by Gasteiger charge is 2.15. The van der Waals surface area contributed by atoms with Crippen LogP contribution in [0.1, 0.15) is 128 Å². The van der Waals surface area contributed by atoms with Crippen molar-refractivity contribution in [2.75, 3.05) is 7.11 Å². The van der Waals surface area contributed by atoms with Crippen molar-refractivity contribution >= 4 is 11.0 Å². The van der Waals surface area contributed by atoms with Gasteiger partial charge in [0.05, 0.1) is 7.11 Å². The number of phenolic OH excluding ortho intramolecular Hbond substituents is 1. The van der Waals surface area contributed by atoms with E-state index in [2.05, 4.69) is 31.1 Å². The van der Waals surface area contributed by atoms with E-state index >= 15 is 0 Å². The minimum Gasteiger partial charge on any atom is -0.505 e. The van der Waals surface area contributed by atoms with Crippen molar-refractivity contribution in [3.8, 4) is 17.2 Å². The second-order valence-electron chi connectivity index (χ2n) is 10.9. The fourth-order valence-corrected chi connectivity index (χ4v) is 5.27. The third-order valence-corrected chi connectivity index (χ3v) is 7.65. The van der Waals surface area contributed by atoms with Crippen molar-refractivity contribution in [2.24, 2.45) is 0 Å². The van der Waals surface area contributed by atoms with Crippen LogP contribution in [0.25, 0.3) is 16.7 Å². The largest absolute Gasteiger partial charge is 0.505 e. The van der Waals surface area contributed by atoms with Crippen molar-refractivity contribution in [1.29, 1.82) is 0 Å². The maximum Gasteiger partial charge on any atom is 0.146 e. The molecule has 38 heavy (non-hydrogen) atoms. The Labute approximate surface area is 231 Å². The molecule has 0 saturated heterocycles. The first-order valence-electron chi connectivity index (χ1n) is 15.4. The van der Waals surface area contributed by atoms with Gasteiger partial charge in [-0.2, -0.15) is 0 Å². The Kier molecular flexibility index (Phi) is 13.5. The number of aromatic nitrogens is 3. The SMILES string of the molecule is CCCCCCCCCCc1cc(CCCCCCCCCC)c(O)c(-n2nc3ccc(OC)cc3n2)c1. The normalized spacial score (nSPS) is 11.4. The predicted octanol–water partition coefficient (Wildman–Crippen LogP) is 9.50. The number of fused-ring (bicyclic) bond motifs is 1. The Morgan fingerprint density at radius 1 is 0.658 bits per heavy atom. The molecule has 3 rings (SSSR count). The molecule has 1 heterocycles. The molecule has 5 nitrogen and oxygen atoms in total. The fourth-order valence-electron chi connectivity index (χ4n) is 5.27. The van der Waals surface area contributed by atoms with Crippen LogP contribution in [0, 0.1) is 0 Å². The van der Waals surface area contributed by atoms with Crippen LogP contribution in [0.15, 0.2) is 30.3 Å².